The standard InChI is InChI=1S/C19H19ClFN3O2S/c1-13(2)14-6-8-15(9-7-14)27(25,26)23-19-10-11-24(22-19)12-16-17(20)4-3-5-18(16)21/h3-11,13H,12H2,1-2H3,(H,22,23). The second-order valence-electron chi connectivity index (χ2n) is 6.43. The van der Waals surface area contributed by atoms with Crippen molar-refractivity contribution in [3.05, 3.63) is 76.7 Å². The van der Waals surface area contributed by atoms with Crippen molar-refractivity contribution >= 4 is 27.4 Å². The average Bonchev–Trinajstić information content (AvgIpc) is 3.05. The van der Waals surface area contributed by atoms with Crippen molar-refractivity contribution in [3.8, 4) is 0 Å². The van der Waals surface area contributed by atoms with Crippen LogP contribution in [0.4, 0.5) is 10.2 Å². The Kier molecular flexibility index (Phi) is 5.53. The molecule has 27 heavy (non-hydrogen) atoms. The first-order valence-corrected chi connectivity index (χ1v) is 10.2. The van der Waals surface area contributed by atoms with E-state index in [1.165, 1.54) is 22.9 Å². The number of nitrogens with zero attached hydrogens (tertiary/aromatic N) is 2. The van der Waals surface area contributed by atoms with E-state index >= 15 is 0 Å². The van der Waals surface area contributed by atoms with Crippen LogP contribution in [0.25, 0.3) is 0 Å². The molecule has 0 aliphatic rings. The van der Waals surface area contributed by atoms with Gasteiger partial charge in [0.05, 0.1) is 11.4 Å². The minimum Gasteiger partial charge on any atom is -0.266 e. The SMILES string of the molecule is CC(C)c1ccc(S(=O)(=O)Nc2ccn(Cc3c(F)cccc3Cl)n2)cc1. The lowest BCUT2D eigenvalue weighted by molar-refractivity contribution is 0.585. The average molecular weight is 408 g/mol. The van der Waals surface area contributed by atoms with Gasteiger partial charge in [0.15, 0.2) is 5.82 Å². The Bertz CT molecular complexity index is 1030. The van der Waals surface area contributed by atoms with Gasteiger partial charge in [0.2, 0.25) is 0 Å². The minimum absolute atomic E-state index is 0.0936. The summed E-state index contributed by atoms with van der Waals surface area (Å²) in [5, 5.41) is 4.44. The van der Waals surface area contributed by atoms with Crippen molar-refractivity contribution < 1.29 is 12.8 Å². The number of halogens is 2. The molecular formula is C19H19ClFN3O2S. The number of sulfonamides is 1. The van der Waals surface area contributed by atoms with E-state index in [1.807, 2.05) is 13.8 Å². The lowest BCUT2D eigenvalue weighted by Gasteiger charge is -2.09. The van der Waals surface area contributed by atoms with Crippen LogP contribution in [-0.2, 0) is 16.6 Å². The second-order valence-corrected chi connectivity index (χ2v) is 8.52. The van der Waals surface area contributed by atoms with Gasteiger partial charge in [-0.2, -0.15) is 5.10 Å². The predicted octanol–water partition coefficient (Wildman–Crippen LogP) is 4.65. The minimum atomic E-state index is -3.76. The normalized spacial score (nSPS) is 11.7. The molecule has 0 aliphatic heterocycles. The van der Waals surface area contributed by atoms with E-state index in [-0.39, 0.29) is 22.3 Å². The Hall–Kier alpha value is -2.38. The summed E-state index contributed by atoms with van der Waals surface area (Å²) in [6.07, 6.45) is 1.56. The van der Waals surface area contributed by atoms with Gasteiger partial charge in [-0.25, -0.2) is 12.8 Å². The van der Waals surface area contributed by atoms with E-state index < -0.39 is 15.8 Å². The van der Waals surface area contributed by atoms with Crippen LogP contribution in [0.2, 0.25) is 5.02 Å². The maximum absolute atomic E-state index is 13.9. The van der Waals surface area contributed by atoms with Crippen LogP contribution in [0.3, 0.4) is 0 Å². The molecule has 0 amide bonds. The van der Waals surface area contributed by atoms with Crippen molar-refractivity contribution in [1.82, 2.24) is 9.78 Å². The maximum atomic E-state index is 13.9. The van der Waals surface area contributed by atoms with Crippen molar-refractivity contribution in [2.24, 2.45) is 0 Å². The topological polar surface area (TPSA) is 64.0 Å². The van der Waals surface area contributed by atoms with Crippen LogP contribution in [-0.4, -0.2) is 18.2 Å². The molecule has 1 heterocycles. The highest BCUT2D eigenvalue weighted by atomic mass is 35.5. The number of nitrogens with one attached hydrogen (secondary N) is 1. The molecule has 3 rings (SSSR count). The number of rotatable bonds is 6. The first kappa shape index (κ1) is 19.4. The molecule has 2 aromatic carbocycles. The highest BCUT2D eigenvalue weighted by molar-refractivity contribution is 7.92. The van der Waals surface area contributed by atoms with Crippen LogP contribution in [0, 0.1) is 5.82 Å². The van der Waals surface area contributed by atoms with Gasteiger partial charge in [-0.3, -0.25) is 9.40 Å². The van der Waals surface area contributed by atoms with Gasteiger partial charge in [0.25, 0.3) is 10.0 Å². The molecule has 5 nitrogen and oxygen atoms in total. The summed E-state index contributed by atoms with van der Waals surface area (Å²) < 4.78 is 42.8. The second kappa shape index (κ2) is 7.70. The monoisotopic (exact) mass is 407 g/mol. The molecule has 0 bridgehead atoms. The zero-order valence-corrected chi connectivity index (χ0v) is 16.4. The third-order valence-electron chi connectivity index (χ3n) is 4.12. The first-order chi connectivity index (χ1) is 12.8. The summed E-state index contributed by atoms with van der Waals surface area (Å²) in [6.45, 7) is 4.17. The molecule has 0 radical (unpaired) electrons. The number of anilines is 1. The largest absolute Gasteiger partial charge is 0.266 e. The smallest absolute Gasteiger partial charge is 0.263 e. The summed E-state index contributed by atoms with van der Waals surface area (Å²) >= 11 is 6.02. The van der Waals surface area contributed by atoms with Crippen molar-refractivity contribution in [1.29, 1.82) is 0 Å². The number of hydrogen-bond donors (Lipinski definition) is 1. The summed E-state index contributed by atoms with van der Waals surface area (Å²) in [6, 6.07) is 12.6. The molecule has 1 aromatic heterocycles. The van der Waals surface area contributed by atoms with Gasteiger partial charge in [-0.05, 0) is 35.7 Å². The van der Waals surface area contributed by atoms with E-state index in [2.05, 4.69) is 9.82 Å². The molecule has 1 N–H and O–H groups in total. The third kappa shape index (κ3) is 4.48. The first-order valence-electron chi connectivity index (χ1n) is 8.35. The molecule has 0 saturated heterocycles. The van der Waals surface area contributed by atoms with Crippen molar-refractivity contribution in [2.45, 2.75) is 31.2 Å². The van der Waals surface area contributed by atoms with Crippen molar-refractivity contribution in [2.75, 3.05) is 4.72 Å². The summed E-state index contributed by atoms with van der Waals surface area (Å²) in [5.74, 6) is 0.0244. The molecular weight excluding hydrogens is 389 g/mol. The van der Waals surface area contributed by atoms with Gasteiger partial charge in [-0.15, -0.1) is 0 Å². The molecule has 142 valence electrons. The van der Waals surface area contributed by atoms with Gasteiger partial charge in [-0.1, -0.05) is 43.6 Å². The van der Waals surface area contributed by atoms with Crippen LogP contribution < -0.4 is 4.72 Å². The molecule has 0 fully saturated rings. The van der Waals surface area contributed by atoms with Gasteiger partial charge in [0, 0.05) is 22.8 Å². The third-order valence-corrected chi connectivity index (χ3v) is 5.84. The summed E-state index contributed by atoms with van der Waals surface area (Å²) in [5.41, 5.74) is 1.35. The predicted molar refractivity (Wildman–Crippen MR) is 104 cm³/mol. The van der Waals surface area contributed by atoms with Crippen LogP contribution >= 0.6 is 11.6 Å². The maximum Gasteiger partial charge on any atom is 0.263 e. The lowest BCUT2D eigenvalue weighted by Crippen LogP contribution is -2.14. The Balaban J connectivity index is 1.76. The van der Waals surface area contributed by atoms with E-state index in [0.717, 1.165) is 5.56 Å². The summed E-state index contributed by atoms with van der Waals surface area (Å²) in [4.78, 5) is 0.151. The number of aromatic nitrogens is 2. The van der Waals surface area contributed by atoms with E-state index in [1.54, 1.807) is 36.5 Å². The highest BCUT2D eigenvalue weighted by Gasteiger charge is 2.16. The Morgan fingerprint density at radius 1 is 1.15 bits per heavy atom. The van der Waals surface area contributed by atoms with E-state index in [9.17, 15) is 12.8 Å². The van der Waals surface area contributed by atoms with E-state index in [0.29, 0.717) is 11.5 Å². The summed E-state index contributed by atoms with van der Waals surface area (Å²) in [7, 11) is -3.76. The number of hydrogen-bond acceptors (Lipinski definition) is 3. The molecule has 0 unspecified atom stereocenters. The van der Waals surface area contributed by atoms with Crippen LogP contribution in [0.1, 0.15) is 30.9 Å². The molecule has 0 spiro atoms. The molecule has 0 saturated carbocycles. The number of benzene rings is 2. The molecule has 8 heteroatoms. The highest BCUT2D eigenvalue weighted by Crippen LogP contribution is 2.21. The van der Waals surface area contributed by atoms with Gasteiger partial charge < -0.3 is 0 Å². The van der Waals surface area contributed by atoms with Gasteiger partial charge >= 0.3 is 0 Å². The zero-order chi connectivity index (χ0) is 19.6. The Morgan fingerprint density at radius 2 is 1.85 bits per heavy atom. The fourth-order valence-electron chi connectivity index (χ4n) is 2.58. The molecule has 0 aliphatic carbocycles. The van der Waals surface area contributed by atoms with Gasteiger partial charge in [0.1, 0.15) is 5.82 Å². The van der Waals surface area contributed by atoms with Crippen LogP contribution in [0.15, 0.2) is 59.6 Å². The molecule has 0 atom stereocenters. The molecule has 3 aromatic rings. The fraction of sp³-hybridized carbons (Fsp3) is 0.211. The Morgan fingerprint density at radius 3 is 2.48 bits per heavy atom. The van der Waals surface area contributed by atoms with Crippen molar-refractivity contribution in [3.63, 3.8) is 0 Å². The fourth-order valence-corrected chi connectivity index (χ4v) is 3.80. The quantitative estimate of drug-likeness (QED) is 0.647. The van der Waals surface area contributed by atoms with E-state index in [4.69, 9.17) is 11.6 Å². The Labute approximate surface area is 162 Å². The lowest BCUT2D eigenvalue weighted by atomic mass is 10.0. The zero-order valence-electron chi connectivity index (χ0n) is 14.9. The van der Waals surface area contributed by atoms with Crippen LogP contribution in [0.5, 0.6) is 0 Å².